The van der Waals surface area contributed by atoms with Gasteiger partial charge in [-0.05, 0) is 30.9 Å². The first-order chi connectivity index (χ1) is 11.8. The van der Waals surface area contributed by atoms with Gasteiger partial charge in [0.1, 0.15) is 6.04 Å². The van der Waals surface area contributed by atoms with Gasteiger partial charge >= 0.3 is 59.1 Å². The van der Waals surface area contributed by atoms with Crippen LogP contribution in [0, 0.1) is 0 Å². The molecule has 0 saturated heterocycles. The molecule has 1 aliphatic heterocycles. The molecule has 1 amide bonds. The van der Waals surface area contributed by atoms with Crippen molar-refractivity contribution in [2.75, 3.05) is 5.75 Å². The predicted octanol–water partition coefficient (Wildman–Crippen LogP) is -8.48. The third-order valence-corrected chi connectivity index (χ3v) is 5.32. The van der Waals surface area contributed by atoms with E-state index in [2.05, 4.69) is 10.6 Å². The summed E-state index contributed by atoms with van der Waals surface area (Å²) in [5.41, 5.74) is 6.96. The SMILES string of the molecule is CC1=C(C(=O)[O-])N[C@@H]([C@H](NC(=O)[C@H](N)C2=CCC=CC2)C(=O)[O-])SC1.[Na+].[Na+]. The number of thioether (sulfide) groups is 1. The van der Waals surface area contributed by atoms with Gasteiger partial charge < -0.3 is 36.2 Å². The smallest absolute Gasteiger partial charge is 0.548 e. The Morgan fingerprint density at radius 3 is 2.48 bits per heavy atom. The minimum atomic E-state index is -1.53. The van der Waals surface area contributed by atoms with Gasteiger partial charge in [0.2, 0.25) is 5.91 Å². The number of aliphatic carboxylic acids is 2. The molecular formula is C16H19N3Na2O5S. The van der Waals surface area contributed by atoms with Crippen molar-refractivity contribution < 1.29 is 83.7 Å². The quantitative estimate of drug-likeness (QED) is 0.288. The molecule has 0 aromatic rings. The van der Waals surface area contributed by atoms with Gasteiger partial charge in [0.25, 0.3) is 0 Å². The molecule has 0 fully saturated rings. The summed E-state index contributed by atoms with van der Waals surface area (Å²) in [5.74, 6) is -3.32. The summed E-state index contributed by atoms with van der Waals surface area (Å²) in [5, 5.41) is 26.6. The third-order valence-electron chi connectivity index (χ3n) is 3.97. The molecule has 27 heavy (non-hydrogen) atoms. The first-order valence-electron chi connectivity index (χ1n) is 7.71. The van der Waals surface area contributed by atoms with Gasteiger partial charge in [-0.15, -0.1) is 11.8 Å². The Labute approximate surface area is 206 Å². The number of carbonyl (C=O) groups excluding carboxylic acids is 3. The molecule has 0 saturated carbocycles. The average Bonchev–Trinajstić information content (AvgIpc) is 2.59. The Kier molecular flexibility index (Phi) is 12.2. The first-order valence-corrected chi connectivity index (χ1v) is 8.76. The molecule has 0 spiro atoms. The topological polar surface area (TPSA) is 147 Å². The molecule has 0 bridgehead atoms. The molecule has 11 heteroatoms. The summed E-state index contributed by atoms with van der Waals surface area (Å²) >= 11 is 1.16. The number of amides is 1. The maximum atomic E-state index is 12.3. The normalized spacial score (nSPS) is 20.8. The fraction of sp³-hybridized carbons (Fsp3) is 0.438. The molecule has 1 heterocycles. The van der Waals surface area contributed by atoms with E-state index in [4.69, 9.17) is 5.73 Å². The molecule has 0 aromatic carbocycles. The fourth-order valence-electron chi connectivity index (χ4n) is 2.55. The molecule has 3 atom stereocenters. The van der Waals surface area contributed by atoms with Crippen molar-refractivity contribution in [1.29, 1.82) is 0 Å². The van der Waals surface area contributed by atoms with E-state index in [1.54, 1.807) is 6.92 Å². The van der Waals surface area contributed by atoms with Crippen LogP contribution in [-0.2, 0) is 14.4 Å². The zero-order valence-corrected chi connectivity index (χ0v) is 20.4. The summed E-state index contributed by atoms with van der Waals surface area (Å²) in [7, 11) is 0. The van der Waals surface area contributed by atoms with Crippen molar-refractivity contribution in [3.8, 4) is 0 Å². The molecular weight excluding hydrogens is 392 g/mol. The number of carbonyl (C=O) groups is 3. The van der Waals surface area contributed by atoms with Crippen LogP contribution in [0.15, 0.2) is 35.1 Å². The molecule has 0 aromatic heterocycles. The van der Waals surface area contributed by atoms with Crippen LogP contribution in [-0.4, -0.2) is 41.1 Å². The average molecular weight is 411 g/mol. The summed E-state index contributed by atoms with van der Waals surface area (Å²) in [6.45, 7) is 1.60. The van der Waals surface area contributed by atoms with Gasteiger partial charge in [0.15, 0.2) is 0 Å². The Bertz CT molecular complexity index is 681. The van der Waals surface area contributed by atoms with Gasteiger partial charge in [0.05, 0.1) is 29.1 Å². The van der Waals surface area contributed by atoms with Crippen molar-refractivity contribution in [2.24, 2.45) is 5.73 Å². The summed E-state index contributed by atoms with van der Waals surface area (Å²) in [4.78, 5) is 34.9. The number of hydrogen-bond acceptors (Lipinski definition) is 8. The van der Waals surface area contributed by atoms with Crippen molar-refractivity contribution in [3.05, 3.63) is 35.1 Å². The van der Waals surface area contributed by atoms with E-state index in [0.717, 1.165) is 11.8 Å². The second-order valence-corrected chi connectivity index (χ2v) is 6.92. The van der Waals surface area contributed by atoms with Crippen LogP contribution < -0.4 is 85.7 Å². The van der Waals surface area contributed by atoms with Crippen LogP contribution in [0.5, 0.6) is 0 Å². The van der Waals surface area contributed by atoms with E-state index in [-0.39, 0.29) is 64.8 Å². The Morgan fingerprint density at radius 1 is 1.30 bits per heavy atom. The van der Waals surface area contributed by atoms with Gasteiger partial charge in [-0.1, -0.05) is 18.2 Å². The van der Waals surface area contributed by atoms with Crippen LogP contribution in [0.2, 0.25) is 0 Å². The maximum absolute atomic E-state index is 12.3. The number of nitrogens with two attached hydrogens (primary N) is 1. The van der Waals surface area contributed by atoms with Gasteiger partial charge in [-0.3, -0.25) is 4.79 Å². The number of nitrogens with one attached hydrogen (secondary N) is 2. The number of carboxylic acids is 2. The van der Waals surface area contributed by atoms with E-state index >= 15 is 0 Å². The second-order valence-electron chi connectivity index (χ2n) is 5.79. The third kappa shape index (κ3) is 7.25. The number of rotatable bonds is 6. The van der Waals surface area contributed by atoms with Gasteiger partial charge in [-0.2, -0.15) is 0 Å². The molecule has 1 aliphatic carbocycles. The Hall–Kier alpha value is -0.260. The monoisotopic (exact) mass is 411 g/mol. The van der Waals surface area contributed by atoms with Crippen LogP contribution in [0.4, 0.5) is 0 Å². The maximum Gasteiger partial charge on any atom is 1.00 e. The first kappa shape index (κ1) is 26.7. The standard InChI is InChI=1S/C16H21N3O5S.2Na/c1-8-7-25-14(19-11(8)15(21)22)12(16(23)24)18-13(20)10(17)9-5-3-2-4-6-9;;/h2-3,6,10,12,14,19H,4-5,7,17H2,1H3,(H,18,20)(H,21,22)(H,23,24);;/q;2*+1/p-2/t10-,12+,14-;;/m1../s1. The molecule has 2 aliphatic rings. The van der Waals surface area contributed by atoms with Crippen molar-refractivity contribution >= 4 is 29.6 Å². The van der Waals surface area contributed by atoms with Crippen molar-refractivity contribution in [1.82, 2.24) is 10.6 Å². The van der Waals surface area contributed by atoms with E-state index in [9.17, 15) is 24.6 Å². The minimum absolute atomic E-state index is 0. The van der Waals surface area contributed by atoms with Crippen LogP contribution >= 0.6 is 11.8 Å². The molecule has 136 valence electrons. The fourth-order valence-corrected chi connectivity index (χ4v) is 3.70. The minimum Gasteiger partial charge on any atom is -0.548 e. The Morgan fingerprint density at radius 2 is 1.96 bits per heavy atom. The zero-order chi connectivity index (χ0) is 18.6. The largest absolute Gasteiger partial charge is 1.00 e. The number of allylic oxidation sites excluding steroid dienone is 3. The summed E-state index contributed by atoms with van der Waals surface area (Å²) in [6, 6.07) is -2.41. The molecule has 0 unspecified atom stereocenters. The molecule has 8 nitrogen and oxygen atoms in total. The molecule has 0 radical (unpaired) electrons. The van der Waals surface area contributed by atoms with Crippen LogP contribution in [0.1, 0.15) is 19.8 Å². The Balaban J connectivity index is 0.00000338. The number of hydrogen-bond donors (Lipinski definition) is 3. The number of carboxylic acid groups (broad SMARTS) is 2. The second kappa shape index (κ2) is 12.3. The van der Waals surface area contributed by atoms with E-state index in [0.29, 0.717) is 29.7 Å². The van der Waals surface area contributed by atoms with E-state index in [1.807, 2.05) is 18.2 Å². The van der Waals surface area contributed by atoms with Crippen molar-refractivity contribution in [3.63, 3.8) is 0 Å². The molecule has 4 N–H and O–H groups in total. The van der Waals surface area contributed by atoms with E-state index < -0.39 is 35.3 Å². The molecule has 2 rings (SSSR count). The van der Waals surface area contributed by atoms with E-state index in [1.165, 1.54) is 0 Å². The van der Waals surface area contributed by atoms with Gasteiger partial charge in [-0.25, -0.2) is 0 Å². The van der Waals surface area contributed by atoms with Crippen LogP contribution in [0.25, 0.3) is 0 Å². The van der Waals surface area contributed by atoms with Crippen LogP contribution in [0.3, 0.4) is 0 Å². The van der Waals surface area contributed by atoms with Gasteiger partial charge in [0, 0.05) is 5.75 Å². The summed E-state index contributed by atoms with van der Waals surface area (Å²) in [6.07, 6.45) is 6.84. The van der Waals surface area contributed by atoms with Crippen molar-refractivity contribution in [2.45, 2.75) is 37.2 Å². The zero-order valence-electron chi connectivity index (χ0n) is 15.6. The summed E-state index contributed by atoms with van der Waals surface area (Å²) < 4.78 is 0. The predicted molar refractivity (Wildman–Crippen MR) is 88.5 cm³/mol.